The molecule has 0 radical (unpaired) electrons. The maximum Gasteiger partial charge on any atom is 0.305 e. The highest BCUT2D eigenvalue weighted by molar-refractivity contribution is 5.69. The molecule has 0 atom stereocenters. The van der Waals surface area contributed by atoms with Gasteiger partial charge in [0.25, 0.3) is 0 Å². The average Bonchev–Trinajstić information content (AvgIpc) is 2.79. The first-order valence-corrected chi connectivity index (χ1v) is 15.8. The minimum Gasteiger partial charge on any atom is -0.466 e. The first-order chi connectivity index (χ1) is 17.2. The molecule has 4 heteroatoms. The lowest BCUT2D eigenvalue weighted by Gasteiger charge is -2.46. The molecule has 1 heterocycles. The second-order valence-electron chi connectivity index (χ2n) is 12.8. The van der Waals surface area contributed by atoms with Crippen LogP contribution >= 0.6 is 0 Å². The van der Waals surface area contributed by atoms with Crippen molar-refractivity contribution in [3.8, 4) is 0 Å². The Morgan fingerprint density at radius 1 is 0.639 bits per heavy atom. The van der Waals surface area contributed by atoms with Gasteiger partial charge in [-0.25, -0.2) is 0 Å². The van der Waals surface area contributed by atoms with Crippen LogP contribution in [0.5, 0.6) is 0 Å². The van der Waals surface area contributed by atoms with Crippen molar-refractivity contribution in [2.24, 2.45) is 0 Å². The molecule has 0 aromatic heterocycles. The van der Waals surface area contributed by atoms with Gasteiger partial charge < -0.3 is 14.8 Å². The van der Waals surface area contributed by atoms with Gasteiger partial charge in [0.15, 0.2) is 0 Å². The summed E-state index contributed by atoms with van der Waals surface area (Å²) in [5, 5.41) is 3.69. The molecule has 1 aliphatic heterocycles. The number of carbonyl (C=O) groups is 1. The van der Waals surface area contributed by atoms with E-state index in [0.29, 0.717) is 19.1 Å². The van der Waals surface area contributed by atoms with Crippen LogP contribution in [0.2, 0.25) is 0 Å². The molecule has 0 unspecified atom stereocenters. The van der Waals surface area contributed by atoms with E-state index in [0.717, 1.165) is 38.7 Å². The molecular weight excluding hydrogens is 446 g/mol. The first kappa shape index (κ1) is 33.4. The van der Waals surface area contributed by atoms with E-state index in [1.54, 1.807) is 0 Å². The van der Waals surface area contributed by atoms with Gasteiger partial charge in [0, 0.05) is 24.1 Å². The zero-order chi connectivity index (χ0) is 26.5. The first-order valence-electron chi connectivity index (χ1n) is 15.8. The fraction of sp³-hybridized carbons (Fsp3) is 0.969. The highest BCUT2D eigenvalue weighted by atomic mass is 16.5. The van der Waals surface area contributed by atoms with Crippen LogP contribution in [-0.4, -0.2) is 36.4 Å². The van der Waals surface area contributed by atoms with Crippen LogP contribution in [-0.2, 0) is 14.3 Å². The monoisotopic (exact) mass is 509 g/mol. The third kappa shape index (κ3) is 19.5. The van der Waals surface area contributed by atoms with Gasteiger partial charge in [-0.2, -0.15) is 0 Å². The lowest BCUT2D eigenvalue weighted by molar-refractivity contribution is -0.144. The number of ether oxygens (including phenoxy) is 2. The Bertz CT molecular complexity index is 515. The number of hydrogen-bond acceptors (Lipinski definition) is 4. The van der Waals surface area contributed by atoms with E-state index >= 15 is 0 Å². The lowest BCUT2D eigenvalue weighted by Crippen LogP contribution is -2.59. The highest BCUT2D eigenvalue weighted by Crippen LogP contribution is 2.30. The van der Waals surface area contributed by atoms with E-state index in [1.165, 1.54) is 96.3 Å². The van der Waals surface area contributed by atoms with E-state index in [4.69, 9.17) is 9.47 Å². The Labute approximate surface area is 225 Å². The van der Waals surface area contributed by atoms with Gasteiger partial charge in [-0.15, -0.1) is 0 Å². The van der Waals surface area contributed by atoms with Gasteiger partial charge in [0.1, 0.15) is 0 Å². The summed E-state index contributed by atoms with van der Waals surface area (Å²) in [6.07, 6.45) is 26.5. The van der Waals surface area contributed by atoms with Crippen molar-refractivity contribution in [2.45, 2.75) is 187 Å². The summed E-state index contributed by atoms with van der Waals surface area (Å²) < 4.78 is 11.6. The molecule has 0 aromatic carbocycles. The third-order valence-electron chi connectivity index (χ3n) is 7.54. The molecule has 0 aromatic rings. The van der Waals surface area contributed by atoms with Crippen molar-refractivity contribution in [2.75, 3.05) is 13.2 Å². The zero-order valence-electron chi connectivity index (χ0n) is 25.1. The van der Waals surface area contributed by atoms with E-state index in [9.17, 15) is 4.79 Å². The van der Waals surface area contributed by atoms with Crippen molar-refractivity contribution in [3.05, 3.63) is 0 Å². The molecule has 4 nitrogen and oxygen atoms in total. The molecular formula is C32H63NO3. The summed E-state index contributed by atoms with van der Waals surface area (Å²) in [6.45, 7) is 12.6. The van der Waals surface area contributed by atoms with Crippen molar-refractivity contribution < 1.29 is 14.3 Å². The number of carbonyl (C=O) groups excluding carboxylic acids is 1. The average molecular weight is 510 g/mol. The molecule has 36 heavy (non-hydrogen) atoms. The molecule has 1 rings (SSSR count). The second-order valence-corrected chi connectivity index (χ2v) is 12.8. The van der Waals surface area contributed by atoms with Gasteiger partial charge in [-0.05, 0) is 59.8 Å². The maximum atomic E-state index is 12.0. The molecule has 214 valence electrons. The number of unbranched alkanes of at least 4 members (excludes halogenated alkanes) is 16. The number of hydrogen-bond donors (Lipinski definition) is 1. The number of piperidine rings is 1. The van der Waals surface area contributed by atoms with Crippen LogP contribution in [0.15, 0.2) is 0 Å². The number of rotatable bonds is 23. The fourth-order valence-electron chi connectivity index (χ4n) is 5.88. The standard InChI is InChI=1S/C32H63NO3/c1-6-7-8-9-10-11-12-13-14-15-16-17-18-19-20-22-26-36-30(34)24-21-23-25-35-29-27-31(2,3)33-32(4,5)28-29/h29,33H,6-28H2,1-5H3. The summed E-state index contributed by atoms with van der Waals surface area (Å²) in [5.74, 6) is -0.0416. The van der Waals surface area contributed by atoms with Crippen molar-refractivity contribution in [1.29, 1.82) is 0 Å². The quantitative estimate of drug-likeness (QED) is 0.110. The van der Waals surface area contributed by atoms with E-state index < -0.39 is 0 Å². The summed E-state index contributed by atoms with van der Waals surface area (Å²) in [7, 11) is 0. The third-order valence-corrected chi connectivity index (χ3v) is 7.54. The fourth-order valence-corrected chi connectivity index (χ4v) is 5.88. The molecule has 0 aliphatic carbocycles. The molecule has 1 aliphatic rings. The van der Waals surface area contributed by atoms with Crippen molar-refractivity contribution in [1.82, 2.24) is 5.32 Å². The Balaban J connectivity index is 1.81. The summed E-state index contributed by atoms with van der Waals surface area (Å²) in [4.78, 5) is 12.0. The SMILES string of the molecule is CCCCCCCCCCCCCCCCCCOC(=O)CCCCOC1CC(C)(C)NC(C)(C)C1. The minimum absolute atomic E-state index is 0.0416. The summed E-state index contributed by atoms with van der Waals surface area (Å²) >= 11 is 0. The van der Waals surface area contributed by atoms with Crippen molar-refractivity contribution >= 4 is 5.97 Å². The molecule has 1 fully saturated rings. The second kappa shape index (κ2) is 20.4. The largest absolute Gasteiger partial charge is 0.466 e. The van der Waals surface area contributed by atoms with E-state index in [-0.39, 0.29) is 17.0 Å². The zero-order valence-corrected chi connectivity index (χ0v) is 25.1. The number of nitrogens with one attached hydrogen (secondary N) is 1. The van der Waals surface area contributed by atoms with Crippen LogP contribution < -0.4 is 5.32 Å². The van der Waals surface area contributed by atoms with Crippen LogP contribution in [0.4, 0.5) is 0 Å². The number of esters is 1. The predicted molar refractivity (Wildman–Crippen MR) is 155 cm³/mol. The van der Waals surface area contributed by atoms with Gasteiger partial charge in [-0.3, -0.25) is 4.79 Å². The molecule has 1 saturated heterocycles. The normalized spacial score (nSPS) is 17.4. The maximum absolute atomic E-state index is 12.0. The summed E-state index contributed by atoms with van der Waals surface area (Å²) in [5.41, 5.74) is 0.228. The van der Waals surface area contributed by atoms with E-state index in [2.05, 4.69) is 39.9 Å². The van der Waals surface area contributed by atoms with Crippen molar-refractivity contribution in [3.63, 3.8) is 0 Å². The van der Waals surface area contributed by atoms with Gasteiger partial charge in [-0.1, -0.05) is 103 Å². The highest BCUT2D eigenvalue weighted by Gasteiger charge is 2.37. The Hall–Kier alpha value is -0.610. The summed E-state index contributed by atoms with van der Waals surface area (Å²) in [6, 6.07) is 0. The Kier molecular flexibility index (Phi) is 18.9. The minimum atomic E-state index is -0.0416. The van der Waals surface area contributed by atoms with Crippen LogP contribution in [0, 0.1) is 0 Å². The molecule has 0 saturated carbocycles. The van der Waals surface area contributed by atoms with Gasteiger partial charge in [0.05, 0.1) is 12.7 Å². The van der Waals surface area contributed by atoms with Crippen LogP contribution in [0.1, 0.15) is 169 Å². The molecule has 0 amide bonds. The lowest BCUT2D eigenvalue weighted by atomic mass is 9.81. The Morgan fingerprint density at radius 2 is 1.06 bits per heavy atom. The van der Waals surface area contributed by atoms with Gasteiger partial charge >= 0.3 is 5.97 Å². The molecule has 0 spiro atoms. The topological polar surface area (TPSA) is 47.6 Å². The Morgan fingerprint density at radius 3 is 1.53 bits per heavy atom. The predicted octanol–water partition coefficient (Wildman–Crippen LogP) is 9.29. The molecule has 1 N–H and O–H groups in total. The smallest absolute Gasteiger partial charge is 0.305 e. The molecule has 0 bridgehead atoms. The van der Waals surface area contributed by atoms with Crippen LogP contribution in [0.25, 0.3) is 0 Å². The van der Waals surface area contributed by atoms with Gasteiger partial charge in [0.2, 0.25) is 0 Å². The van der Waals surface area contributed by atoms with Crippen LogP contribution in [0.3, 0.4) is 0 Å². The van der Waals surface area contributed by atoms with E-state index in [1.807, 2.05) is 0 Å².